The van der Waals surface area contributed by atoms with E-state index in [1.165, 1.54) is 12.1 Å². The number of halogens is 2. The van der Waals surface area contributed by atoms with Gasteiger partial charge in [0.1, 0.15) is 10.3 Å². The molecular weight excluding hydrogens is 301 g/mol. The highest BCUT2D eigenvalue weighted by atomic mass is 35.5. The molecule has 0 atom stereocenters. The first-order valence-corrected chi connectivity index (χ1v) is 6.44. The molecule has 0 fully saturated rings. The molecule has 0 radical (unpaired) electrons. The number of nitrogens with zero attached hydrogens (tertiary/aromatic N) is 2. The Balaban J connectivity index is 2.00. The van der Waals surface area contributed by atoms with Crippen LogP contribution in [0.25, 0.3) is 0 Å². The van der Waals surface area contributed by atoms with Crippen molar-refractivity contribution in [1.29, 1.82) is 0 Å². The smallest absolute Gasteiger partial charge is 0.251 e. The fraction of sp³-hybridized carbons (Fsp3) is 0.154. The largest absolute Gasteiger partial charge is 0.481 e. The number of nitrogens with one attached hydrogen (secondary N) is 1. The van der Waals surface area contributed by atoms with Gasteiger partial charge in [0.05, 0.1) is 7.11 Å². The fourth-order valence-corrected chi connectivity index (χ4v) is 1.98. The molecule has 0 aromatic carbocycles. The van der Waals surface area contributed by atoms with E-state index >= 15 is 0 Å². The molecule has 0 saturated heterocycles. The summed E-state index contributed by atoms with van der Waals surface area (Å²) < 4.78 is 4.96. The fourth-order valence-electron chi connectivity index (χ4n) is 1.52. The summed E-state index contributed by atoms with van der Waals surface area (Å²) in [7, 11) is 1.54. The molecule has 2 aromatic rings. The van der Waals surface area contributed by atoms with Crippen LogP contribution in [-0.4, -0.2) is 23.0 Å². The lowest BCUT2D eigenvalue weighted by Crippen LogP contribution is -2.23. The van der Waals surface area contributed by atoms with Crippen LogP contribution in [0.1, 0.15) is 15.9 Å². The van der Waals surface area contributed by atoms with Crippen molar-refractivity contribution in [2.45, 2.75) is 6.54 Å². The summed E-state index contributed by atoms with van der Waals surface area (Å²) in [6.45, 7) is 0.341. The lowest BCUT2D eigenvalue weighted by atomic mass is 10.2. The topological polar surface area (TPSA) is 64.1 Å². The van der Waals surface area contributed by atoms with Crippen molar-refractivity contribution in [2.75, 3.05) is 7.11 Å². The molecule has 0 unspecified atom stereocenters. The Morgan fingerprint density at radius 2 is 2.00 bits per heavy atom. The summed E-state index contributed by atoms with van der Waals surface area (Å²) in [6.07, 6.45) is 1.63. The summed E-state index contributed by atoms with van der Waals surface area (Å²) >= 11 is 11.5. The Kier molecular flexibility index (Phi) is 4.76. The van der Waals surface area contributed by atoms with E-state index in [0.29, 0.717) is 18.0 Å². The highest BCUT2D eigenvalue weighted by Crippen LogP contribution is 2.14. The Labute approximate surface area is 125 Å². The van der Waals surface area contributed by atoms with Crippen molar-refractivity contribution in [1.82, 2.24) is 15.3 Å². The van der Waals surface area contributed by atoms with E-state index in [1.54, 1.807) is 19.4 Å². The van der Waals surface area contributed by atoms with Crippen molar-refractivity contribution in [2.24, 2.45) is 0 Å². The van der Waals surface area contributed by atoms with Crippen molar-refractivity contribution in [3.63, 3.8) is 0 Å². The van der Waals surface area contributed by atoms with E-state index in [9.17, 15) is 4.79 Å². The zero-order valence-corrected chi connectivity index (χ0v) is 12.1. The van der Waals surface area contributed by atoms with Crippen LogP contribution >= 0.6 is 23.2 Å². The van der Waals surface area contributed by atoms with Crippen LogP contribution in [0.5, 0.6) is 5.88 Å². The second-order valence-corrected chi connectivity index (χ2v) is 4.67. The lowest BCUT2D eigenvalue weighted by Gasteiger charge is -2.06. The average molecular weight is 312 g/mol. The van der Waals surface area contributed by atoms with Crippen molar-refractivity contribution >= 4 is 29.1 Å². The monoisotopic (exact) mass is 311 g/mol. The maximum atomic E-state index is 11.9. The third kappa shape index (κ3) is 3.82. The summed E-state index contributed by atoms with van der Waals surface area (Å²) in [6, 6.07) is 6.45. The molecule has 2 aromatic heterocycles. The molecule has 0 aliphatic rings. The van der Waals surface area contributed by atoms with Gasteiger partial charge in [-0.05, 0) is 17.7 Å². The minimum atomic E-state index is -0.285. The van der Waals surface area contributed by atoms with Gasteiger partial charge in [-0.1, -0.05) is 29.3 Å². The van der Waals surface area contributed by atoms with Crippen LogP contribution in [0.2, 0.25) is 10.3 Å². The number of carbonyl (C=O) groups excluding carboxylic acids is 1. The molecule has 0 aliphatic carbocycles. The number of methoxy groups -OCH3 is 1. The van der Waals surface area contributed by atoms with Crippen LogP contribution in [0.3, 0.4) is 0 Å². The van der Waals surface area contributed by atoms with Crippen LogP contribution in [0.15, 0.2) is 30.5 Å². The zero-order valence-electron chi connectivity index (χ0n) is 10.6. The van der Waals surface area contributed by atoms with Gasteiger partial charge in [0.2, 0.25) is 5.88 Å². The molecule has 20 heavy (non-hydrogen) atoms. The number of carbonyl (C=O) groups is 1. The van der Waals surface area contributed by atoms with Crippen LogP contribution in [0.4, 0.5) is 0 Å². The predicted octanol–water partition coefficient (Wildman–Crippen LogP) is 2.72. The van der Waals surface area contributed by atoms with Gasteiger partial charge < -0.3 is 10.1 Å². The van der Waals surface area contributed by atoms with Crippen LogP contribution < -0.4 is 10.1 Å². The quantitative estimate of drug-likeness (QED) is 0.882. The first-order valence-electron chi connectivity index (χ1n) is 5.68. The van der Waals surface area contributed by atoms with Gasteiger partial charge in [0.15, 0.2) is 0 Å². The third-order valence-electron chi connectivity index (χ3n) is 2.48. The number of amides is 1. The maximum Gasteiger partial charge on any atom is 0.251 e. The number of rotatable bonds is 4. The summed E-state index contributed by atoms with van der Waals surface area (Å²) in [4.78, 5) is 19.8. The van der Waals surface area contributed by atoms with E-state index in [2.05, 4.69) is 15.3 Å². The normalized spacial score (nSPS) is 10.2. The first-order chi connectivity index (χ1) is 9.58. The van der Waals surface area contributed by atoms with Gasteiger partial charge in [0, 0.05) is 24.4 Å². The molecule has 2 rings (SSSR count). The highest BCUT2D eigenvalue weighted by molar-refractivity contribution is 6.33. The Morgan fingerprint density at radius 3 is 2.55 bits per heavy atom. The van der Waals surface area contributed by atoms with Crippen molar-refractivity contribution < 1.29 is 9.53 Å². The standard InChI is InChI=1S/C13H11Cl2N3O2/c1-20-12-3-2-8(6-16-12)7-17-13(19)9-4-10(14)18-11(15)5-9/h2-6H,7H2,1H3,(H,17,19). The number of aromatic nitrogens is 2. The van der Waals surface area contributed by atoms with Crippen molar-refractivity contribution in [3.8, 4) is 5.88 Å². The molecule has 0 spiro atoms. The van der Waals surface area contributed by atoms with Gasteiger partial charge in [-0.3, -0.25) is 4.79 Å². The minimum absolute atomic E-state index is 0.175. The average Bonchev–Trinajstić information content (AvgIpc) is 2.44. The van der Waals surface area contributed by atoms with Gasteiger partial charge in [0.25, 0.3) is 5.91 Å². The summed E-state index contributed by atoms with van der Waals surface area (Å²) in [5, 5.41) is 3.09. The number of ether oxygens (including phenoxy) is 1. The molecular formula is C13H11Cl2N3O2. The minimum Gasteiger partial charge on any atom is -0.481 e. The SMILES string of the molecule is COc1ccc(CNC(=O)c2cc(Cl)nc(Cl)c2)cn1. The first kappa shape index (κ1) is 14.6. The molecule has 0 bridgehead atoms. The van der Waals surface area contributed by atoms with Gasteiger partial charge in [-0.15, -0.1) is 0 Å². The lowest BCUT2D eigenvalue weighted by molar-refractivity contribution is 0.0951. The third-order valence-corrected chi connectivity index (χ3v) is 2.87. The maximum absolute atomic E-state index is 11.9. The van der Waals surface area contributed by atoms with Gasteiger partial charge in [-0.25, -0.2) is 9.97 Å². The molecule has 0 aliphatic heterocycles. The predicted molar refractivity (Wildman–Crippen MR) is 76.2 cm³/mol. The van der Waals surface area contributed by atoms with Crippen LogP contribution in [0, 0.1) is 0 Å². The molecule has 104 valence electrons. The number of pyridine rings is 2. The number of hydrogen-bond acceptors (Lipinski definition) is 4. The van der Waals surface area contributed by atoms with E-state index in [4.69, 9.17) is 27.9 Å². The van der Waals surface area contributed by atoms with Gasteiger partial charge >= 0.3 is 0 Å². The Hall–Kier alpha value is -1.85. The highest BCUT2D eigenvalue weighted by Gasteiger charge is 2.08. The Bertz CT molecular complexity index is 597. The summed E-state index contributed by atoms with van der Waals surface area (Å²) in [5.41, 5.74) is 1.21. The second-order valence-electron chi connectivity index (χ2n) is 3.89. The molecule has 7 heteroatoms. The van der Waals surface area contributed by atoms with Crippen molar-refractivity contribution in [3.05, 3.63) is 51.9 Å². The van der Waals surface area contributed by atoms with E-state index < -0.39 is 0 Å². The molecule has 5 nitrogen and oxygen atoms in total. The van der Waals surface area contributed by atoms with Gasteiger partial charge in [-0.2, -0.15) is 0 Å². The van der Waals surface area contributed by atoms with E-state index in [-0.39, 0.29) is 16.2 Å². The molecule has 0 saturated carbocycles. The molecule has 1 amide bonds. The van der Waals surface area contributed by atoms with Crippen LogP contribution in [-0.2, 0) is 6.54 Å². The zero-order chi connectivity index (χ0) is 14.5. The molecule has 1 N–H and O–H groups in total. The molecule has 2 heterocycles. The summed E-state index contributed by atoms with van der Waals surface area (Å²) in [5.74, 6) is 0.236. The van der Waals surface area contributed by atoms with E-state index in [1.807, 2.05) is 6.07 Å². The van der Waals surface area contributed by atoms with E-state index in [0.717, 1.165) is 5.56 Å². The Morgan fingerprint density at radius 1 is 1.30 bits per heavy atom. The number of hydrogen-bond donors (Lipinski definition) is 1. The second kappa shape index (κ2) is 6.54.